The fraction of sp³-hybridized carbons (Fsp3) is 0.500. The molecule has 4 rings (SSSR count). The maximum absolute atomic E-state index is 12.2. The number of hydrogen-bond acceptors (Lipinski definition) is 4. The quantitative estimate of drug-likeness (QED) is 0.796. The monoisotopic (exact) mass is 329 g/mol. The van der Waals surface area contributed by atoms with Crippen molar-refractivity contribution in [1.29, 1.82) is 0 Å². The largest absolute Gasteiger partial charge is 0.355 e. The van der Waals surface area contributed by atoms with Crippen LogP contribution in [0.3, 0.4) is 0 Å². The van der Waals surface area contributed by atoms with Gasteiger partial charge in [0.25, 0.3) is 0 Å². The molecule has 0 unspecified atom stereocenters. The minimum absolute atomic E-state index is 0.0865. The standard InChI is InChI=1S/C16H19N5OS/c22-15(13-8-12(13)10-2-1-6-17-9-10)18-7-5-14-19-20-16(23)21(14)11-3-4-11/h1-2,6,9,11-13H,3-5,7-8H2,(H,18,22)(H,20,23)/t12-,13-/m0/s1. The van der Waals surface area contributed by atoms with Crippen LogP contribution in [-0.4, -0.2) is 32.2 Å². The van der Waals surface area contributed by atoms with Crippen molar-refractivity contribution in [3.63, 3.8) is 0 Å². The van der Waals surface area contributed by atoms with Gasteiger partial charge < -0.3 is 9.88 Å². The number of hydrogen-bond donors (Lipinski definition) is 2. The third-order valence-corrected chi connectivity index (χ3v) is 4.87. The maximum Gasteiger partial charge on any atom is 0.223 e. The molecular formula is C16H19N5OS. The van der Waals surface area contributed by atoms with Crippen LogP contribution in [0.1, 0.15) is 42.6 Å². The van der Waals surface area contributed by atoms with E-state index in [9.17, 15) is 4.79 Å². The Labute approximate surface area is 139 Å². The van der Waals surface area contributed by atoms with Crippen molar-refractivity contribution in [2.24, 2.45) is 5.92 Å². The molecule has 0 aliphatic heterocycles. The number of pyridine rings is 1. The van der Waals surface area contributed by atoms with Gasteiger partial charge in [0, 0.05) is 37.3 Å². The van der Waals surface area contributed by atoms with E-state index in [0.717, 1.165) is 17.8 Å². The molecule has 2 aliphatic carbocycles. The van der Waals surface area contributed by atoms with Crippen LogP contribution in [0.5, 0.6) is 0 Å². The lowest BCUT2D eigenvalue weighted by atomic mass is 10.1. The number of H-pyrrole nitrogens is 1. The zero-order valence-corrected chi connectivity index (χ0v) is 13.6. The first-order chi connectivity index (χ1) is 11.2. The number of rotatable bonds is 6. The summed E-state index contributed by atoms with van der Waals surface area (Å²) in [6, 6.07) is 4.46. The van der Waals surface area contributed by atoms with E-state index in [1.165, 1.54) is 12.8 Å². The normalized spacial score (nSPS) is 22.8. The highest BCUT2D eigenvalue weighted by molar-refractivity contribution is 7.71. The number of aromatic nitrogens is 4. The van der Waals surface area contributed by atoms with Crippen molar-refractivity contribution in [3.8, 4) is 0 Å². The molecule has 0 aromatic carbocycles. The highest BCUT2D eigenvalue weighted by Gasteiger charge is 2.43. The Morgan fingerprint density at radius 3 is 3.09 bits per heavy atom. The molecule has 2 N–H and O–H groups in total. The SMILES string of the molecule is O=C(NCCc1n[nH]c(=S)n1C1CC1)[C@H]1C[C@H]1c1cccnc1. The first kappa shape index (κ1) is 14.6. The van der Waals surface area contributed by atoms with Gasteiger partial charge in [0.15, 0.2) is 4.77 Å². The Kier molecular flexibility index (Phi) is 3.72. The van der Waals surface area contributed by atoms with Crippen LogP contribution in [0.15, 0.2) is 24.5 Å². The van der Waals surface area contributed by atoms with E-state index in [1.807, 2.05) is 18.3 Å². The molecule has 6 nitrogen and oxygen atoms in total. The molecule has 2 aromatic rings. The van der Waals surface area contributed by atoms with E-state index in [4.69, 9.17) is 12.2 Å². The van der Waals surface area contributed by atoms with Crippen LogP contribution < -0.4 is 5.32 Å². The zero-order chi connectivity index (χ0) is 15.8. The second-order valence-electron chi connectivity index (χ2n) is 6.32. The van der Waals surface area contributed by atoms with Gasteiger partial charge in [-0.05, 0) is 49.0 Å². The summed E-state index contributed by atoms with van der Waals surface area (Å²) in [4.78, 5) is 16.3. The summed E-state index contributed by atoms with van der Waals surface area (Å²) >= 11 is 5.26. The number of aromatic amines is 1. The van der Waals surface area contributed by atoms with Crippen molar-refractivity contribution < 1.29 is 4.79 Å². The fourth-order valence-electron chi connectivity index (χ4n) is 3.10. The van der Waals surface area contributed by atoms with Crippen LogP contribution in [0.4, 0.5) is 0 Å². The van der Waals surface area contributed by atoms with Gasteiger partial charge in [-0.1, -0.05) is 6.07 Å². The molecule has 2 fully saturated rings. The number of carbonyl (C=O) groups excluding carboxylic acids is 1. The lowest BCUT2D eigenvalue weighted by Gasteiger charge is -2.06. The maximum atomic E-state index is 12.2. The molecule has 2 aliphatic rings. The van der Waals surface area contributed by atoms with Crippen molar-refractivity contribution in [2.75, 3.05) is 6.54 Å². The lowest BCUT2D eigenvalue weighted by Crippen LogP contribution is -2.28. The molecule has 2 atom stereocenters. The van der Waals surface area contributed by atoms with Gasteiger partial charge >= 0.3 is 0 Å². The van der Waals surface area contributed by atoms with Crippen LogP contribution in [-0.2, 0) is 11.2 Å². The van der Waals surface area contributed by atoms with Crippen molar-refractivity contribution >= 4 is 18.1 Å². The van der Waals surface area contributed by atoms with Crippen LogP contribution in [0.2, 0.25) is 0 Å². The molecule has 0 radical (unpaired) electrons. The number of amides is 1. The second-order valence-corrected chi connectivity index (χ2v) is 6.71. The smallest absolute Gasteiger partial charge is 0.223 e. The Morgan fingerprint density at radius 2 is 2.35 bits per heavy atom. The highest BCUT2D eigenvalue weighted by Crippen LogP contribution is 2.47. The van der Waals surface area contributed by atoms with Gasteiger partial charge in [-0.15, -0.1) is 0 Å². The highest BCUT2D eigenvalue weighted by atomic mass is 32.1. The first-order valence-electron chi connectivity index (χ1n) is 8.07. The van der Waals surface area contributed by atoms with E-state index >= 15 is 0 Å². The van der Waals surface area contributed by atoms with E-state index in [2.05, 4.69) is 25.1 Å². The summed E-state index contributed by atoms with van der Waals surface area (Å²) in [5.41, 5.74) is 1.15. The van der Waals surface area contributed by atoms with E-state index < -0.39 is 0 Å². The van der Waals surface area contributed by atoms with Crippen molar-refractivity contribution in [2.45, 2.75) is 37.6 Å². The number of nitrogens with zero attached hydrogens (tertiary/aromatic N) is 3. The summed E-state index contributed by atoms with van der Waals surface area (Å²) in [6.07, 6.45) is 7.57. The molecular weight excluding hydrogens is 310 g/mol. The molecule has 2 aromatic heterocycles. The third-order valence-electron chi connectivity index (χ3n) is 4.58. The summed E-state index contributed by atoms with van der Waals surface area (Å²) < 4.78 is 2.78. The zero-order valence-electron chi connectivity index (χ0n) is 12.7. The van der Waals surface area contributed by atoms with E-state index in [-0.39, 0.29) is 11.8 Å². The van der Waals surface area contributed by atoms with E-state index in [0.29, 0.717) is 29.7 Å². The summed E-state index contributed by atoms with van der Waals surface area (Å²) in [5.74, 6) is 1.48. The van der Waals surface area contributed by atoms with Crippen LogP contribution in [0.25, 0.3) is 0 Å². The molecule has 2 saturated carbocycles. The molecule has 120 valence electrons. The third kappa shape index (κ3) is 3.06. The Morgan fingerprint density at radius 1 is 1.48 bits per heavy atom. The topological polar surface area (TPSA) is 75.6 Å². The van der Waals surface area contributed by atoms with Crippen LogP contribution in [0, 0.1) is 10.7 Å². The predicted molar refractivity (Wildman–Crippen MR) is 87.5 cm³/mol. The molecule has 7 heteroatoms. The van der Waals surface area contributed by atoms with Crippen molar-refractivity contribution in [1.82, 2.24) is 25.1 Å². The molecule has 0 spiro atoms. The second kappa shape index (κ2) is 5.88. The minimum Gasteiger partial charge on any atom is -0.355 e. The Hall–Kier alpha value is -2.02. The fourth-order valence-corrected chi connectivity index (χ4v) is 3.40. The molecule has 23 heavy (non-hydrogen) atoms. The average Bonchev–Trinajstić information content (AvgIpc) is 3.48. The van der Waals surface area contributed by atoms with Gasteiger partial charge in [-0.2, -0.15) is 5.10 Å². The summed E-state index contributed by atoms with van der Waals surface area (Å²) in [7, 11) is 0. The molecule has 0 saturated heterocycles. The minimum atomic E-state index is 0.0865. The molecule has 0 bridgehead atoms. The summed E-state index contributed by atoms with van der Waals surface area (Å²) in [5, 5.41) is 10.2. The summed E-state index contributed by atoms with van der Waals surface area (Å²) in [6.45, 7) is 0.599. The van der Waals surface area contributed by atoms with Crippen molar-refractivity contribution in [3.05, 3.63) is 40.7 Å². The Balaban J connectivity index is 1.29. The molecule has 1 amide bonds. The number of carbonyl (C=O) groups is 1. The predicted octanol–water partition coefficient (Wildman–Crippen LogP) is 2.13. The van der Waals surface area contributed by atoms with Gasteiger partial charge in [-0.25, -0.2) is 0 Å². The van der Waals surface area contributed by atoms with E-state index in [1.54, 1.807) is 6.20 Å². The van der Waals surface area contributed by atoms with Gasteiger partial charge in [0.1, 0.15) is 5.82 Å². The van der Waals surface area contributed by atoms with Gasteiger partial charge in [0.2, 0.25) is 5.91 Å². The van der Waals surface area contributed by atoms with Gasteiger partial charge in [0.05, 0.1) is 0 Å². The number of nitrogens with one attached hydrogen (secondary N) is 2. The first-order valence-corrected chi connectivity index (χ1v) is 8.48. The lowest BCUT2D eigenvalue weighted by molar-refractivity contribution is -0.122. The molecule has 2 heterocycles. The Bertz CT molecular complexity index is 764. The van der Waals surface area contributed by atoms with Gasteiger partial charge in [-0.3, -0.25) is 14.9 Å². The van der Waals surface area contributed by atoms with Crippen LogP contribution >= 0.6 is 12.2 Å². The average molecular weight is 329 g/mol.